The van der Waals surface area contributed by atoms with E-state index in [1.165, 1.54) is 0 Å². The first-order chi connectivity index (χ1) is 12.2. The maximum absolute atomic E-state index is 12.3. The molecule has 2 aliphatic rings. The zero-order valence-electron chi connectivity index (χ0n) is 15.4. The molecule has 1 unspecified atom stereocenters. The minimum atomic E-state index is 0.0426. The molecular formula is C17H30N6O2. The maximum atomic E-state index is 12.3. The standard InChI is InChI=1S/C17H30N6O2/c1-18-16(21-11-7-14(12-21)13-25-2)19-8-5-10-23-17(24)22-9-4-3-6-15(22)20-23/h14H,3-13H2,1-2H3,(H,18,19). The molecule has 1 atom stereocenters. The summed E-state index contributed by atoms with van der Waals surface area (Å²) in [6.07, 6.45) is 5.13. The smallest absolute Gasteiger partial charge is 0.345 e. The number of guanidine groups is 1. The lowest BCUT2D eigenvalue weighted by Crippen LogP contribution is -2.41. The second kappa shape index (κ2) is 8.51. The summed E-state index contributed by atoms with van der Waals surface area (Å²) in [5, 5.41) is 7.89. The fraction of sp³-hybridized carbons (Fsp3) is 0.824. The Kier molecular flexibility index (Phi) is 6.12. The van der Waals surface area contributed by atoms with Crippen LogP contribution in [0.15, 0.2) is 9.79 Å². The predicted octanol–water partition coefficient (Wildman–Crippen LogP) is 0.315. The molecule has 0 amide bonds. The van der Waals surface area contributed by atoms with Crippen LogP contribution in [0, 0.1) is 5.92 Å². The van der Waals surface area contributed by atoms with E-state index in [0.717, 1.165) is 76.7 Å². The number of hydrogen-bond acceptors (Lipinski definition) is 4. The predicted molar refractivity (Wildman–Crippen MR) is 97.0 cm³/mol. The molecule has 0 spiro atoms. The van der Waals surface area contributed by atoms with Crippen molar-refractivity contribution in [2.45, 2.75) is 45.2 Å². The Morgan fingerprint density at radius 3 is 3.04 bits per heavy atom. The molecule has 0 radical (unpaired) electrons. The molecule has 1 N–H and O–H groups in total. The molecule has 0 bridgehead atoms. The molecule has 0 aliphatic carbocycles. The summed E-state index contributed by atoms with van der Waals surface area (Å²) in [5.41, 5.74) is 0.0426. The third kappa shape index (κ3) is 4.23. The molecule has 1 fully saturated rings. The van der Waals surface area contributed by atoms with Gasteiger partial charge in [-0.1, -0.05) is 0 Å². The molecule has 2 aliphatic heterocycles. The molecule has 1 saturated heterocycles. The van der Waals surface area contributed by atoms with Crippen LogP contribution in [-0.4, -0.2) is 65.6 Å². The summed E-state index contributed by atoms with van der Waals surface area (Å²) >= 11 is 0. The van der Waals surface area contributed by atoms with Crippen molar-refractivity contribution in [3.63, 3.8) is 0 Å². The molecule has 3 rings (SSSR count). The average molecular weight is 350 g/mol. The first-order valence-corrected chi connectivity index (χ1v) is 9.34. The van der Waals surface area contributed by atoms with Crippen molar-refractivity contribution in [1.29, 1.82) is 0 Å². The van der Waals surface area contributed by atoms with Crippen molar-refractivity contribution >= 4 is 5.96 Å². The third-order valence-corrected chi connectivity index (χ3v) is 5.06. The summed E-state index contributed by atoms with van der Waals surface area (Å²) in [5.74, 6) is 2.47. The van der Waals surface area contributed by atoms with Crippen LogP contribution in [0.2, 0.25) is 0 Å². The average Bonchev–Trinajstić information content (AvgIpc) is 3.21. The normalized spacial score (nSPS) is 20.8. The van der Waals surface area contributed by atoms with Gasteiger partial charge in [0.15, 0.2) is 5.96 Å². The number of ether oxygens (including phenoxy) is 1. The van der Waals surface area contributed by atoms with Gasteiger partial charge in [-0.2, -0.15) is 5.10 Å². The Balaban J connectivity index is 1.45. The second-order valence-corrected chi connectivity index (χ2v) is 6.91. The van der Waals surface area contributed by atoms with E-state index in [-0.39, 0.29) is 5.69 Å². The number of nitrogens with one attached hydrogen (secondary N) is 1. The van der Waals surface area contributed by atoms with E-state index in [1.807, 2.05) is 11.6 Å². The first kappa shape index (κ1) is 18.0. The molecule has 1 aromatic heterocycles. The van der Waals surface area contributed by atoms with Crippen molar-refractivity contribution in [2.75, 3.05) is 40.4 Å². The van der Waals surface area contributed by atoms with Crippen LogP contribution in [0.1, 0.15) is 31.5 Å². The van der Waals surface area contributed by atoms with Gasteiger partial charge < -0.3 is 15.0 Å². The highest BCUT2D eigenvalue weighted by atomic mass is 16.5. The van der Waals surface area contributed by atoms with Crippen LogP contribution in [0.5, 0.6) is 0 Å². The molecule has 140 valence electrons. The van der Waals surface area contributed by atoms with Crippen LogP contribution in [0.3, 0.4) is 0 Å². The summed E-state index contributed by atoms with van der Waals surface area (Å²) in [7, 11) is 3.57. The van der Waals surface area contributed by atoms with Crippen LogP contribution < -0.4 is 11.0 Å². The van der Waals surface area contributed by atoms with Crippen molar-refractivity contribution < 1.29 is 4.74 Å². The number of nitrogens with zero attached hydrogens (tertiary/aromatic N) is 5. The SMILES string of the molecule is CN=C(NCCCn1nc2n(c1=O)CCCC2)N1CCC(COC)C1. The zero-order chi connectivity index (χ0) is 17.6. The Bertz CT molecular complexity index is 650. The van der Waals surface area contributed by atoms with Crippen LogP contribution in [0.4, 0.5) is 0 Å². The van der Waals surface area contributed by atoms with E-state index in [4.69, 9.17) is 4.74 Å². The summed E-state index contributed by atoms with van der Waals surface area (Å²) in [6.45, 7) is 5.06. The summed E-state index contributed by atoms with van der Waals surface area (Å²) in [4.78, 5) is 19.0. The van der Waals surface area contributed by atoms with Gasteiger partial charge in [-0.15, -0.1) is 0 Å². The molecule has 0 aromatic carbocycles. The maximum Gasteiger partial charge on any atom is 0.345 e. The minimum Gasteiger partial charge on any atom is -0.384 e. The highest BCUT2D eigenvalue weighted by Crippen LogP contribution is 2.16. The fourth-order valence-electron chi connectivity index (χ4n) is 3.75. The molecule has 3 heterocycles. The molecule has 25 heavy (non-hydrogen) atoms. The molecule has 1 aromatic rings. The van der Waals surface area contributed by atoms with Gasteiger partial charge in [0, 0.05) is 59.2 Å². The van der Waals surface area contributed by atoms with E-state index in [2.05, 4.69) is 20.3 Å². The molecule has 8 nitrogen and oxygen atoms in total. The number of aryl methyl sites for hydroxylation is 2. The number of methoxy groups -OCH3 is 1. The van der Waals surface area contributed by atoms with E-state index < -0.39 is 0 Å². The first-order valence-electron chi connectivity index (χ1n) is 9.34. The largest absolute Gasteiger partial charge is 0.384 e. The monoisotopic (exact) mass is 350 g/mol. The minimum absolute atomic E-state index is 0.0426. The van der Waals surface area contributed by atoms with Gasteiger partial charge in [-0.25, -0.2) is 9.48 Å². The Morgan fingerprint density at radius 2 is 2.28 bits per heavy atom. The quantitative estimate of drug-likeness (QED) is 0.454. The number of aromatic nitrogens is 3. The van der Waals surface area contributed by atoms with Gasteiger partial charge in [0.1, 0.15) is 5.82 Å². The van der Waals surface area contributed by atoms with Gasteiger partial charge in [-0.3, -0.25) is 9.56 Å². The van der Waals surface area contributed by atoms with Crippen molar-refractivity contribution in [2.24, 2.45) is 10.9 Å². The fourth-order valence-corrected chi connectivity index (χ4v) is 3.75. The number of hydrogen-bond donors (Lipinski definition) is 1. The Morgan fingerprint density at radius 1 is 1.40 bits per heavy atom. The molecular weight excluding hydrogens is 320 g/mol. The van der Waals surface area contributed by atoms with Crippen LogP contribution in [0.25, 0.3) is 0 Å². The summed E-state index contributed by atoms with van der Waals surface area (Å²) in [6, 6.07) is 0. The van der Waals surface area contributed by atoms with Gasteiger partial charge in [0.05, 0.1) is 6.61 Å². The molecule has 0 saturated carbocycles. The zero-order valence-corrected chi connectivity index (χ0v) is 15.4. The van der Waals surface area contributed by atoms with Crippen molar-refractivity contribution in [1.82, 2.24) is 24.6 Å². The number of rotatable bonds is 6. The third-order valence-electron chi connectivity index (χ3n) is 5.06. The number of likely N-dealkylation sites (tertiary alicyclic amines) is 1. The Labute approximate surface area is 148 Å². The van der Waals surface area contributed by atoms with Crippen LogP contribution >= 0.6 is 0 Å². The van der Waals surface area contributed by atoms with Gasteiger partial charge in [0.25, 0.3) is 0 Å². The molecule has 8 heteroatoms. The van der Waals surface area contributed by atoms with Crippen molar-refractivity contribution in [3.05, 3.63) is 16.3 Å². The number of aliphatic imine (C=N–C) groups is 1. The van der Waals surface area contributed by atoms with Gasteiger partial charge in [-0.05, 0) is 25.7 Å². The van der Waals surface area contributed by atoms with Crippen molar-refractivity contribution in [3.8, 4) is 0 Å². The van der Waals surface area contributed by atoms with E-state index in [1.54, 1.807) is 11.8 Å². The van der Waals surface area contributed by atoms with E-state index in [0.29, 0.717) is 12.5 Å². The van der Waals surface area contributed by atoms with E-state index >= 15 is 0 Å². The summed E-state index contributed by atoms with van der Waals surface area (Å²) < 4.78 is 8.70. The van der Waals surface area contributed by atoms with Gasteiger partial charge >= 0.3 is 5.69 Å². The second-order valence-electron chi connectivity index (χ2n) is 6.91. The Hall–Kier alpha value is -1.83. The highest BCUT2D eigenvalue weighted by molar-refractivity contribution is 5.80. The topological polar surface area (TPSA) is 76.7 Å². The van der Waals surface area contributed by atoms with E-state index in [9.17, 15) is 4.79 Å². The van der Waals surface area contributed by atoms with Crippen LogP contribution in [-0.2, 0) is 24.2 Å². The van der Waals surface area contributed by atoms with Gasteiger partial charge in [0.2, 0.25) is 0 Å². The number of fused-ring (bicyclic) bond motifs is 1. The highest BCUT2D eigenvalue weighted by Gasteiger charge is 2.24. The lowest BCUT2D eigenvalue weighted by atomic mass is 10.1. The lowest BCUT2D eigenvalue weighted by molar-refractivity contribution is 0.157. The lowest BCUT2D eigenvalue weighted by Gasteiger charge is -2.21.